The van der Waals surface area contributed by atoms with E-state index in [0.29, 0.717) is 18.7 Å². The fourth-order valence-corrected chi connectivity index (χ4v) is 2.92. The van der Waals surface area contributed by atoms with Crippen LogP contribution < -0.4 is 9.64 Å². The number of ether oxygens (including phenoxy) is 2. The van der Waals surface area contributed by atoms with Crippen molar-refractivity contribution in [1.29, 1.82) is 0 Å². The van der Waals surface area contributed by atoms with Crippen molar-refractivity contribution >= 4 is 11.6 Å². The van der Waals surface area contributed by atoms with Crippen molar-refractivity contribution in [2.24, 2.45) is 0 Å². The van der Waals surface area contributed by atoms with Crippen molar-refractivity contribution in [3.63, 3.8) is 0 Å². The Morgan fingerprint density at radius 3 is 2.58 bits per heavy atom. The van der Waals surface area contributed by atoms with Gasteiger partial charge in [-0.05, 0) is 49.7 Å². The first-order valence-electron chi connectivity index (χ1n) is 8.41. The molecule has 0 aromatic heterocycles. The predicted octanol–water partition coefficient (Wildman–Crippen LogP) is 3.83. The Bertz CT molecular complexity index is 690. The van der Waals surface area contributed by atoms with E-state index in [4.69, 9.17) is 9.47 Å². The van der Waals surface area contributed by atoms with Gasteiger partial charge in [-0.15, -0.1) is 0 Å². The van der Waals surface area contributed by atoms with Crippen LogP contribution in [0.2, 0.25) is 0 Å². The highest BCUT2D eigenvalue weighted by Gasteiger charge is 2.19. The minimum absolute atomic E-state index is 0.00236. The molecule has 0 bridgehead atoms. The minimum Gasteiger partial charge on any atom is -0.488 e. The topological polar surface area (TPSA) is 38.8 Å². The fourth-order valence-electron chi connectivity index (χ4n) is 2.92. The summed E-state index contributed by atoms with van der Waals surface area (Å²) in [6.45, 7) is 6.02. The Balaban J connectivity index is 1.74. The normalized spacial score (nSPS) is 16.8. The quantitative estimate of drug-likeness (QED) is 0.838. The molecule has 0 N–H and O–H groups in total. The zero-order chi connectivity index (χ0) is 16.9. The number of anilines is 1. The summed E-state index contributed by atoms with van der Waals surface area (Å²) in [5, 5.41) is 0. The number of carbonyl (C=O) groups is 1. The van der Waals surface area contributed by atoms with E-state index in [1.807, 2.05) is 62.4 Å². The largest absolute Gasteiger partial charge is 0.488 e. The first-order chi connectivity index (χ1) is 11.7. The maximum atomic E-state index is 12.8. The first kappa shape index (κ1) is 16.5. The van der Waals surface area contributed by atoms with Crippen LogP contribution in [0.15, 0.2) is 48.5 Å². The molecule has 0 aliphatic carbocycles. The summed E-state index contributed by atoms with van der Waals surface area (Å²) in [6.07, 6.45) is 1.03. The molecule has 1 fully saturated rings. The van der Waals surface area contributed by atoms with Crippen LogP contribution in [0.25, 0.3) is 0 Å². The van der Waals surface area contributed by atoms with E-state index in [1.165, 1.54) is 0 Å². The van der Waals surface area contributed by atoms with Crippen LogP contribution in [0, 0.1) is 6.92 Å². The second kappa shape index (κ2) is 7.49. The molecule has 4 nitrogen and oxygen atoms in total. The van der Waals surface area contributed by atoms with Crippen molar-refractivity contribution in [3.8, 4) is 5.75 Å². The van der Waals surface area contributed by atoms with Gasteiger partial charge in [-0.2, -0.15) is 0 Å². The van der Waals surface area contributed by atoms with Gasteiger partial charge < -0.3 is 14.4 Å². The van der Waals surface area contributed by atoms with Gasteiger partial charge in [-0.3, -0.25) is 4.79 Å². The van der Waals surface area contributed by atoms with Crippen molar-refractivity contribution in [3.05, 3.63) is 59.7 Å². The van der Waals surface area contributed by atoms with Gasteiger partial charge in [-0.25, -0.2) is 0 Å². The third-order valence-electron chi connectivity index (χ3n) is 4.26. The number of rotatable bonds is 5. The third kappa shape index (κ3) is 3.60. The molecule has 126 valence electrons. The predicted molar refractivity (Wildman–Crippen MR) is 94.8 cm³/mol. The van der Waals surface area contributed by atoms with Crippen LogP contribution >= 0.6 is 0 Å². The lowest BCUT2D eigenvalue weighted by atomic mass is 10.1. The Labute approximate surface area is 143 Å². The van der Waals surface area contributed by atoms with Crippen LogP contribution in [0.3, 0.4) is 0 Å². The molecular formula is C20H23NO3. The number of benzene rings is 2. The number of amides is 1. The average Bonchev–Trinajstić information content (AvgIpc) is 3.11. The van der Waals surface area contributed by atoms with Crippen LogP contribution in [0.1, 0.15) is 29.3 Å². The summed E-state index contributed by atoms with van der Waals surface area (Å²) < 4.78 is 11.2. The van der Waals surface area contributed by atoms with E-state index in [-0.39, 0.29) is 12.0 Å². The molecule has 1 saturated heterocycles. The highest BCUT2D eigenvalue weighted by molar-refractivity contribution is 6.06. The van der Waals surface area contributed by atoms with Gasteiger partial charge in [0, 0.05) is 24.2 Å². The van der Waals surface area contributed by atoms with Gasteiger partial charge in [0.25, 0.3) is 5.91 Å². The van der Waals surface area contributed by atoms with Gasteiger partial charge in [0.05, 0.1) is 13.2 Å². The molecule has 0 spiro atoms. The Kier molecular flexibility index (Phi) is 5.16. The third-order valence-corrected chi connectivity index (χ3v) is 4.26. The summed E-state index contributed by atoms with van der Waals surface area (Å²) in [6, 6.07) is 15.3. The standard InChI is InChI=1S/C20H23NO3/c1-3-21(19-7-5-4-6-15(19)2)20(22)16-8-10-17(11-9-16)24-18-12-13-23-14-18/h4-11,18H,3,12-14H2,1-2H3. The minimum atomic E-state index is 0.00236. The molecule has 2 aromatic rings. The van der Waals surface area contributed by atoms with E-state index in [1.54, 1.807) is 4.90 Å². The number of carbonyl (C=O) groups excluding carboxylic acids is 1. The lowest BCUT2D eigenvalue weighted by Gasteiger charge is -2.23. The summed E-state index contributed by atoms with van der Waals surface area (Å²) in [7, 11) is 0. The number of nitrogens with zero attached hydrogens (tertiary/aromatic N) is 1. The van der Waals surface area contributed by atoms with Crippen molar-refractivity contribution in [1.82, 2.24) is 0 Å². The Hall–Kier alpha value is -2.33. The molecular weight excluding hydrogens is 302 g/mol. The number of hydrogen-bond acceptors (Lipinski definition) is 3. The molecule has 4 heteroatoms. The summed E-state index contributed by atoms with van der Waals surface area (Å²) in [5.74, 6) is 0.781. The van der Waals surface area contributed by atoms with Crippen LogP contribution in [0.4, 0.5) is 5.69 Å². The molecule has 1 atom stereocenters. The van der Waals surface area contributed by atoms with Gasteiger partial charge in [-0.1, -0.05) is 18.2 Å². The molecule has 1 heterocycles. The van der Waals surface area contributed by atoms with Gasteiger partial charge in [0.15, 0.2) is 0 Å². The van der Waals surface area contributed by atoms with Crippen LogP contribution in [-0.2, 0) is 4.74 Å². The van der Waals surface area contributed by atoms with Crippen LogP contribution in [-0.4, -0.2) is 31.8 Å². The van der Waals surface area contributed by atoms with Crippen molar-refractivity contribution in [2.75, 3.05) is 24.7 Å². The number of aryl methyl sites for hydroxylation is 1. The van der Waals surface area contributed by atoms with E-state index < -0.39 is 0 Å². The molecule has 0 radical (unpaired) electrons. The summed E-state index contributed by atoms with van der Waals surface area (Å²) in [4.78, 5) is 14.7. The summed E-state index contributed by atoms with van der Waals surface area (Å²) >= 11 is 0. The molecule has 1 aliphatic rings. The maximum Gasteiger partial charge on any atom is 0.258 e. The molecule has 0 saturated carbocycles. The van der Waals surface area contributed by atoms with Crippen molar-refractivity contribution in [2.45, 2.75) is 26.4 Å². The lowest BCUT2D eigenvalue weighted by molar-refractivity contribution is 0.0988. The second-order valence-corrected chi connectivity index (χ2v) is 5.96. The van der Waals surface area contributed by atoms with E-state index in [2.05, 4.69) is 0 Å². The molecule has 24 heavy (non-hydrogen) atoms. The van der Waals surface area contributed by atoms with E-state index in [9.17, 15) is 4.79 Å². The van der Waals surface area contributed by atoms with Crippen molar-refractivity contribution < 1.29 is 14.3 Å². The fraction of sp³-hybridized carbons (Fsp3) is 0.350. The highest BCUT2D eigenvalue weighted by Crippen LogP contribution is 2.23. The monoisotopic (exact) mass is 325 g/mol. The van der Waals surface area contributed by atoms with Gasteiger partial charge in [0.2, 0.25) is 0 Å². The lowest BCUT2D eigenvalue weighted by Crippen LogP contribution is -2.31. The molecule has 3 rings (SSSR count). The first-order valence-corrected chi connectivity index (χ1v) is 8.41. The smallest absolute Gasteiger partial charge is 0.258 e. The molecule has 2 aromatic carbocycles. The van der Waals surface area contributed by atoms with Gasteiger partial charge >= 0.3 is 0 Å². The Morgan fingerprint density at radius 1 is 1.21 bits per heavy atom. The van der Waals surface area contributed by atoms with E-state index in [0.717, 1.165) is 30.0 Å². The highest BCUT2D eigenvalue weighted by atomic mass is 16.5. The molecule has 1 amide bonds. The van der Waals surface area contributed by atoms with E-state index >= 15 is 0 Å². The number of hydrogen-bond donors (Lipinski definition) is 0. The molecule has 1 aliphatic heterocycles. The Morgan fingerprint density at radius 2 is 1.96 bits per heavy atom. The van der Waals surface area contributed by atoms with Gasteiger partial charge in [0.1, 0.15) is 11.9 Å². The van der Waals surface area contributed by atoms with Crippen LogP contribution in [0.5, 0.6) is 5.75 Å². The second-order valence-electron chi connectivity index (χ2n) is 5.96. The zero-order valence-electron chi connectivity index (χ0n) is 14.2. The SMILES string of the molecule is CCN(C(=O)c1ccc(OC2CCOC2)cc1)c1ccccc1C. The number of para-hydroxylation sites is 1. The zero-order valence-corrected chi connectivity index (χ0v) is 14.2. The summed E-state index contributed by atoms with van der Waals surface area (Å²) in [5.41, 5.74) is 2.71. The maximum absolute atomic E-state index is 12.8. The molecule has 1 unspecified atom stereocenters. The average molecular weight is 325 g/mol.